The smallest absolute Gasteiger partial charge is 0.373 e. The highest BCUT2D eigenvalue weighted by Crippen LogP contribution is 2.25. The third-order valence-corrected chi connectivity index (χ3v) is 6.29. The summed E-state index contributed by atoms with van der Waals surface area (Å²) in [6.45, 7) is 7.34. The largest absolute Gasteiger partial charge is 0.537 e. The fourth-order valence-electron chi connectivity index (χ4n) is 2.32. The second-order valence-electron chi connectivity index (χ2n) is 4.98. The van der Waals surface area contributed by atoms with Crippen LogP contribution in [0.5, 0.6) is 0 Å². The van der Waals surface area contributed by atoms with E-state index in [9.17, 15) is 4.79 Å². The molecule has 116 valence electrons. The van der Waals surface area contributed by atoms with Gasteiger partial charge in [-0.1, -0.05) is 50.3 Å². The number of ketones is 1. The Hall–Kier alpha value is -1.27. The van der Waals surface area contributed by atoms with E-state index in [2.05, 4.69) is 6.58 Å². The zero-order valence-corrected chi connectivity index (χ0v) is 14.2. The predicted octanol–water partition coefficient (Wildman–Crippen LogP) is 2.46. The third kappa shape index (κ3) is 3.88. The number of carbonyl (C=O) groups is 1. The first kappa shape index (κ1) is 17.8. The molecule has 0 saturated heterocycles. The lowest BCUT2D eigenvalue weighted by Gasteiger charge is -2.36. The van der Waals surface area contributed by atoms with E-state index in [0.29, 0.717) is 6.42 Å². The minimum Gasteiger partial charge on any atom is -0.373 e. The fourth-order valence-corrected chi connectivity index (χ4v) is 4.64. The number of hydrogen-bond donors (Lipinski definition) is 0. The van der Waals surface area contributed by atoms with E-state index >= 15 is 0 Å². The van der Waals surface area contributed by atoms with Crippen LogP contribution in [0.4, 0.5) is 0 Å². The van der Waals surface area contributed by atoms with Crippen LogP contribution in [0.3, 0.4) is 0 Å². The molecule has 0 aliphatic rings. The van der Waals surface area contributed by atoms with Gasteiger partial charge in [0.15, 0.2) is 5.78 Å². The molecule has 0 amide bonds. The Morgan fingerprint density at radius 3 is 2.29 bits per heavy atom. The maximum absolute atomic E-state index is 12.2. The van der Waals surface area contributed by atoms with Gasteiger partial charge in [-0.05, 0) is 19.4 Å². The van der Waals surface area contributed by atoms with Gasteiger partial charge < -0.3 is 13.3 Å². The van der Waals surface area contributed by atoms with Crippen molar-refractivity contribution in [2.45, 2.75) is 32.3 Å². The molecule has 21 heavy (non-hydrogen) atoms. The Kier molecular flexibility index (Phi) is 6.48. The monoisotopic (exact) mass is 308 g/mol. The fraction of sp³-hybridized carbons (Fsp3) is 0.438. The van der Waals surface area contributed by atoms with Crippen LogP contribution in [-0.2, 0) is 18.1 Å². The number of benzene rings is 1. The lowest BCUT2D eigenvalue weighted by Crippen LogP contribution is -2.61. The molecule has 1 aromatic carbocycles. The predicted molar refractivity (Wildman–Crippen MR) is 85.5 cm³/mol. The van der Waals surface area contributed by atoms with Crippen molar-refractivity contribution < 1.29 is 18.1 Å². The number of rotatable bonds is 9. The lowest BCUT2D eigenvalue weighted by atomic mass is 9.95. The van der Waals surface area contributed by atoms with Crippen molar-refractivity contribution in [2.24, 2.45) is 0 Å². The standard InChI is InChI=1S/C16H24O4Si/c1-6-13-16(3,15(17)7-2)20-21(18-4,19-5)14-11-9-8-10-12-14/h7-12H,2,6,13H2,1,3-5H3/t16-/m1/s1. The Balaban J connectivity index is 3.22. The summed E-state index contributed by atoms with van der Waals surface area (Å²) in [6.07, 6.45) is 2.68. The average Bonchev–Trinajstić information content (AvgIpc) is 2.53. The molecule has 1 rings (SSSR count). The molecule has 0 spiro atoms. The van der Waals surface area contributed by atoms with E-state index in [1.807, 2.05) is 37.3 Å². The highest BCUT2D eigenvalue weighted by atomic mass is 28.4. The Labute approximate surface area is 128 Å². The van der Waals surface area contributed by atoms with Crippen molar-refractivity contribution in [3.05, 3.63) is 43.0 Å². The average molecular weight is 308 g/mol. The first-order chi connectivity index (χ1) is 9.98. The highest BCUT2D eigenvalue weighted by molar-refractivity contribution is 6.75. The zero-order valence-electron chi connectivity index (χ0n) is 13.2. The molecular formula is C16H24O4Si. The summed E-state index contributed by atoms with van der Waals surface area (Å²) >= 11 is 0. The maximum Gasteiger partial charge on any atom is 0.537 e. The van der Waals surface area contributed by atoms with Crippen LogP contribution >= 0.6 is 0 Å². The molecule has 4 nitrogen and oxygen atoms in total. The molecule has 1 aromatic rings. The normalized spacial score (nSPS) is 14.5. The van der Waals surface area contributed by atoms with Gasteiger partial charge in [-0.15, -0.1) is 0 Å². The van der Waals surface area contributed by atoms with E-state index in [4.69, 9.17) is 13.3 Å². The van der Waals surface area contributed by atoms with Crippen molar-refractivity contribution in [1.82, 2.24) is 0 Å². The molecule has 0 radical (unpaired) electrons. The van der Waals surface area contributed by atoms with E-state index in [-0.39, 0.29) is 5.78 Å². The molecule has 0 aromatic heterocycles. The molecule has 0 aliphatic carbocycles. The number of hydrogen-bond acceptors (Lipinski definition) is 4. The van der Waals surface area contributed by atoms with Crippen LogP contribution in [0.2, 0.25) is 0 Å². The summed E-state index contributed by atoms with van der Waals surface area (Å²) in [4.78, 5) is 12.2. The van der Waals surface area contributed by atoms with Crippen LogP contribution in [0.25, 0.3) is 0 Å². The van der Waals surface area contributed by atoms with Gasteiger partial charge in [0.25, 0.3) is 0 Å². The van der Waals surface area contributed by atoms with Gasteiger partial charge in [-0.2, -0.15) is 0 Å². The first-order valence-corrected chi connectivity index (χ1v) is 8.73. The van der Waals surface area contributed by atoms with Crippen LogP contribution in [0, 0.1) is 0 Å². The van der Waals surface area contributed by atoms with Crippen molar-refractivity contribution in [2.75, 3.05) is 14.2 Å². The minimum absolute atomic E-state index is 0.161. The zero-order chi connectivity index (χ0) is 15.9. The Bertz CT molecular complexity index is 470. The summed E-state index contributed by atoms with van der Waals surface area (Å²) in [7, 11) is -0.0417. The van der Waals surface area contributed by atoms with Crippen molar-refractivity contribution >= 4 is 19.8 Å². The second kappa shape index (κ2) is 7.65. The molecule has 0 heterocycles. The van der Waals surface area contributed by atoms with E-state index in [1.54, 1.807) is 21.1 Å². The second-order valence-corrected chi connectivity index (χ2v) is 7.69. The van der Waals surface area contributed by atoms with E-state index in [0.717, 1.165) is 11.6 Å². The molecular weight excluding hydrogens is 284 g/mol. The van der Waals surface area contributed by atoms with Gasteiger partial charge in [0, 0.05) is 19.4 Å². The molecule has 5 heteroatoms. The SMILES string of the molecule is C=CC(=O)[C@@](C)(CCC)O[Si](OC)(OC)c1ccccc1. The summed E-state index contributed by atoms with van der Waals surface area (Å²) in [5.74, 6) is -0.161. The Morgan fingerprint density at radius 1 is 1.29 bits per heavy atom. The minimum atomic E-state index is -3.14. The highest BCUT2D eigenvalue weighted by Gasteiger charge is 2.49. The van der Waals surface area contributed by atoms with Gasteiger partial charge >= 0.3 is 8.80 Å². The van der Waals surface area contributed by atoms with Gasteiger partial charge in [0.05, 0.1) is 0 Å². The Morgan fingerprint density at radius 2 is 1.86 bits per heavy atom. The van der Waals surface area contributed by atoms with Gasteiger partial charge in [0.1, 0.15) is 5.60 Å². The van der Waals surface area contributed by atoms with Gasteiger partial charge in [0.2, 0.25) is 0 Å². The summed E-state index contributed by atoms with van der Waals surface area (Å²) < 4.78 is 17.4. The summed E-state index contributed by atoms with van der Waals surface area (Å²) in [6, 6.07) is 9.48. The number of carbonyl (C=O) groups excluding carboxylic acids is 1. The molecule has 0 fully saturated rings. The lowest BCUT2D eigenvalue weighted by molar-refractivity contribution is -0.132. The van der Waals surface area contributed by atoms with Crippen LogP contribution < -0.4 is 5.19 Å². The first-order valence-electron chi connectivity index (χ1n) is 7.01. The van der Waals surface area contributed by atoms with E-state index in [1.165, 1.54) is 6.08 Å². The van der Waals surface area contributed by atoms with Gasteiger partial charge in [-0.25, -0.2) is 0 Å². The molecule has 0 N–H and O–H groups in total. The van der Waals surface area contributed by atoms with Gasteiger partial charge in [-0.3, -0.25) is 4.79 Å². The van der Waals surface area contributed by atoms with Crippen molar-refractivity contribution in [3.8, 4) is 0 Å². The summed E-state index contributed by atoms with van der Waals surface area (Å²) in [5.41, 5.74) is -0.995. The van der Waals surface area contributed by atoms with Crippen LogP contribution in [-0.4, -0.2) is 34.4 Å². The van der Waals surface area contributed by atoms with Crippen molar-refractivity contribution in [1.29, 1.82) is 0 Å². The molecule has 0 unspecified atom stereocenters. The van der Waals surface area contributed by atoms with Crippen LogP contribution in [0.15, 0.2) is 43.0 Å². The van der Waals surface area contributed by atoms with E-state index < -0.39 is 14.4 Å². The third-order valence-electron chi connectivity index (χ3n) is 3.46. The maximum atomic E-state index is 12.2. The molecule has 0 bridgehead atoms. The summed E-state index contributed by atoms with van der Waals surface area (Å²) in [5, 5.41) is 0.828. The van der Waals surface area contributed by atoms with Crippen molar-refractivity contribution in [3.63, 3.8) is 0 Å². The quantitative estimate of drug-likeness (QED) is 0.519. The molecule has 1 atom stereocenters. The topological polar surface area (TPSA) is 44.8 Å². The van der Waals surface area contributed by atoms with Crippen LogP contribution in [0.1, 0.15) is 26.7 Å². The molecule has 0 aliphatic heterocycles. The molecule has 0 saturated carbocycles.